The predicted molar refractivity (Wildman–Crippen MR) is 133 cm³/mol. The topological polar surface area (TPSA) is 85.5 Å². The number of hydrogen-bond acceptors (Lipinski definition) is 8. The van der Waals surface area contributed by atoms with E-state index in [9.17, 15) is 0 Å². The lowest BCUT2D eigenvalue weighted by Gasteiger charge is -2.37. The van der Waals surface area contributed by atoms with Crippen LogP contribution in [0.5, 0.6) is 6.01 Å². The SMILES string of the molecule is CCOc1ncc(Nc2cc([C@H](CC)Cc3cnco3)ccc2N(CC)C2CCOCC2)cn1. The lowest BCUT2D eigenvalue weighted by molar-refractivity contribution is 0.0846. The molecule has 1 atom stereocenters. The van der Waals surface area contributed by atoms with Crippen LogP contribution in [0.1, 0.15) is 57.3 Å². The van der Waals surface area contributed by atoms with Crippen LogP contribution in [-0.2, 0) is 11.2 Å². The van der Waals surface area contributed by atoms with E-state index in [-0.39, 0.29) is 0 Å². The second-order valence-corrected chi connectivity index (χ2v) is 8.50. The van der Waals surface area contributed by atoms with E-state index < -0.39 is 0 Å². The fourth-order valence-corrected chi connectivity index (χ4v) is 4.60. The van der Waals surface area contributed by atoms with Crippen molar-refractivity contribution < 1.29 is 13.9 Å². The van der Waals surface area contributed by atoms with Crippen molar-refractivity contribution in [2.45, 2.75) is 58.4 Å². The number of nitrogens with zero attached hydrogens (tertiary/aromatic N) is 4. The van der Waals surface area contributed by atoms with E-state index >= 15 is 0 Å². The van der Waals surface area contributed by atoms with Crippen molar-refractivity contribution in [2.24, 2.45) is 0 Å². The number of benzene rings is 1. The summed E-state index contributed by atoms with van der Waals surface area (Å²) >= 11 is 0. The van der Waals surface area contributed by atoms with E-state index in [4.69, 9.17) is 13.9 Å². The van der Waals surface area contributed by atoms with Crippen LogP contribution in [0.25, 0.3) is 0 Å². The second kappa shape index (κ2) is 11.8. The Bertz CT molecular complexity index is 1000. The van der Waals surface area contributed by atoms with Crippen molar-refractivity contribution in [1.82, 2.24) is 15.0 Å². The monoisotopic (exact) mass is 465 g/mol. The zero-order valence-corrected chi connectivity index (χ0v) is 20.4. The fraction of sp³-hybridized carbons (Fsp3) is 0.500. The Hall–Kier alpha value is -3.13. The number of nitrogens with one attached hydrogen (secondary N) is 1. The summed E-state index contributed by atoms with van der Waals surface area (Å²) in [4.78, 5) is 15.2. The smallest absolute Gasteiger partial charge is 0.316 e. The van der Waals surface area contributed by atoms with Crippen LogP contribution in [0.2, 0.25) is 0 Å². The number of oxazole rings is 1. The molecule has 182 valence electrons. The number of rotatable bonds is 11. The van der Waals surface area contributed by atoms with Gasteiger partial charge in [-0.2, -0.15) is 0 Å². The largest absolute Gasteiger partial charge is 0.464 e. The Morgan fingerprint density at radius 1 is 1.12 bits per heavy atom. The summed E-state index contributed by atoms with van der Waals surface area (Å²) in [5.74, 6) is 1.24. The van der Waals surface area contributed by atoms with Gasteiger partial charge in [0.2, 0.25) is 0 Å². The van der Waals surface area contributed by atoms with E-state index in [0.29, 0.717) is 24.6 Å². The zero-order valence-electron chi connectivity index (χ0n) is 20.4. The van der Waals surface area contributed by atoms with Crippen LogP contribution < -0.4 is 15.0 Å². The van der Waals surface area contributed by atoms with Crippen molar-refractivity contribution in [1.29, 1.82) is 0 Å². The maximum Gasteiger partial charge on any atom is 0.316 e. The number of ether oxygens (including phenoxy) is 2. The lowest BCUT2D eigenvalue weighted by Crippen LogP contribution is -2.39. The maximum atomic E-state index is 5.62. The van der Waals surface area contributed by atoms with Gasteiger partial charge in [0.25, 0.3) is 0 Å². The van der Waals surface area contributed by atoms with Gasteiger partial charge in [-0.3, -0.25) is 0 Å². The first-order valence-corrected chi connectivity index (χ1v) is 12.3. The number of aromatic nitrogens is 3. The van der Waals surface area contributed by atoms with E-state index in [2.05, 4.69) is 57.2 Å². The molecule has 0 aliphatic carbocycles. The Morgan fingerprint density at radius 3 is 2.56 bits per heavy atom. The summed E-state index contributed by atoms with van der Waals surface area (Å²) < 4.78 is 16.5. The zero-order chi connectivity index (χ0) is 23.8. The average Bonchev–Trinajstić information content (AvgIpc) is 3.39. The van der Waals surface area contributed by atoms with Crippen molar-refractivity contribution in [3.05, 3.63) is 54.5 Å². The van der Waals surface area contributed by atoms with Gasteiger partial charge in [-0.05, 0) is 56.7 Å². The van der Waals surface area contributed by atoms with Crippen LogP contribution in [0.15, 0.2) is 47.6 Å². The number of hydrogen-bond donors (Lipinski definition) is 1. The highest BCUT2D eigenvalue weighted by molar-refractivity contribution is 5.76. The molecule has 0 radical (unpaired) electrons. The molecule has 1 aromatic carbocycles. The quantitative estimate of drug-likeness (QED) is 0.406. The van der Waals surface area contributed by atoms with Gasteiger partial charge in [0.15, 0.2) is 6.39 Å². The molecule has 0 amide bonds. The van der Waals surface area contributed by atoms with Gasteiger partial charge in [0.1, 0.15) is 5.76 Å². The molecule has 1 saturated heterocycles. The van der Waals surface area contributed by atoms with Gasteiger partial charge in [-0.25, -0.2) is 15.0 Å². The first kappa shape index (κ1) is 24.0. The molecular weight excluding hydrogens is 430 g/mol. The van der Waals surface area contributed by atoms with Gasteiger partial charge in [-0.1, -0.05) is 13.0 Å². The molecule has 0 saturated carbocycles. The minimum atomic E-state index is 0.331. The van der Waals surface area contributed by atoms with Crippen molar-refractivity contribution in [2.75, 3.05) is 36.6 Å². The maximum absolute atomic E-state index is 5.62. The van der Waals surface area contributed by atoms with Crippen LogP contribution in [0.4, 0.5) is 17.1 Å². The molecule has 4 rings (SSSR count). The van der Waals surface area contributed by atoms with Gasteiger partial charge in [0, 0.05) is 32.2 Å². The predicted octanol–water partition coefficient (Wildman–Crippen LogP) is 5.35. The summed E-state index contributed by atoms with van der Waals surface area (Å²) in [6.45, 7) is 9.43. The van der Waals surface area contributed by atoms with E-state index in [1.165, 1.54) is 17.6 Å². The third-order valence-electron chi connectivity index (χ3n) is 6.38. The molecule has 0 unspecified atom stereocenters. The average molecular weight is 466 g/mol. The van der Waals surface area contributed by atoms with E-state index in [1.807, 2.05) is 6.92 Å². The van der Waals surface area contributed by atoms with E-state index in [0.717, 1.165) is 62.6 Å². The highest BCUT2D eigenvalue weighted by Gasteiger charge is 2.24. The molecule has 1 N–H and O–H groups in total. The molecule has 1 aliphatic heterocycles. The molecule has 1 fully saturated rings. The Labute approximate surface area is 201 Å². The summed E-state index contributed by atoms with van der Waals surface area (Å²) in [5, 5.41) is 3.58. The molecule has 0 spiro atoms. The molecule has 0 bridgehead atoms. The minimum Gasteiger partial charge on any atom is -0.464 e. The van der Waals surface area contributed by atoms with Crippen molar-refractivity contribution >= 4 is 17.1 Å². The summed E-state index contributed by atoms with van der Waals surface area (Å²) in [6, 6.07) is 7.60. The lowest BCUT2D eigenvalue weighted by atomic mass is 9.91. The summed E-state index contributed by atoms with van der Waals surface area (Å²) in [7, 11) is 0. The first-order valence-electron chi connectivity index (χ1n) is 12.3. The summed E-state index contributed by atoms with van der Waals surface area (Å²) in [5.41, 5.74) is 4.32. The number of anilines is 3. The van der Waals surface area contributed by atoms with Crippen LogP contribution in [0, 0.1) is 0 Å². The van der Waals surface area contributed by atoms with Crippen molar-refractivity contribution in [3.8, 4) is 6.01 Å². The first-order chi connectivity index (χ1) is 16.7. The molecule has 3 heterocycles. The van der Waals surface area contributed by atoms with Crippen LogP contribution in [-0.4, -0.2) is 47.4 Å². The third kappa shape index (κ3) is 5.86. The third-order valence-corrected chi connectivity index (χ3v) is 6.38. The van der Waals surface area contributed by atoms with Gasteiger partial charge >= 0.3 is 6.01 Å². The highest BCUT2D eigenvalue weighted by Crippen LogP contribution is 2.36. The highest BCUT2D eigenvalue weighted by atomic mass is 16.5. The molecule has 8 nitrogen and oxygen atoms in total. The molecule has 8 heteroatoms. The van der Waals surface area contributed by atoms with Gasteiger partial charge in [0.05, 0.1) is 42.3 Å². The standard InChI is InChI=1S/C26H35N5O3/c1-4-19(13-23-17-27-18-34-23)20-7-8-25(31(5-2)22-9-11-32-12-10-22)24(14-20)30-21-15-28-26(29-16-21)33-6-3/h7-8,14-19,22,30H,4-6,9-13H2,1-3H3/t19-/m1/s1. The van der Waals surface area contributed by atoms with Crippen LogP contribution >= 0.6 is 0 Å². The van der Waals surface area contributed by atoms with Crippen LogP contribution in [0.3, 0.4) is 0 Å². The molecule has 34 heavy (non-hydrogen) atoms. The Morgan fingerprint density at radius 2 is 1.91 bits per heavy atom. The Kier molecular flexibility index (Phi) is 8.36. The van der Waals surface area contributed by atoms with Gasteiger partial charge in [-0.15, -0.1) is 0 Å². The molecular formula is C26H35N5O3. The molecule has 2 aromatic heterocycles. The minimum absolute atomic E-state index is 0.331. The second-order valence-electron chi connectivity index (χ2n) is 8.50. The molecule has 3 aromatic rings. The summed E-state index contributed by atoms with van der Waals surface area (Å²) in [6.07, 6.45) is 10.7. The Balaban J connectivity index is 1.66. The van der Waals surface area contributed by atoms with Gasteiger partial charge < -0.3 is 24.1 Å². The van der Waals surface area contributed by atoms with E-state index in [1.54, 1.807) is 18.6 Å². The van der Waals surface area contributed by atoms with Crippen molar-refractivity contribution in [3.63, 3.8) is 0 Å². The fourth-order valence-electron chi connectivity index (χ4n) is 4.60. The normalized spacial score (nSPS) is 15.1. The molecule has 1 aliphatic rings.